The number of hydrogen-bond acceptors (Lipinski definition) is 4. The number of halogens is 3. The van der Waals surface area contributed by atoms with Crippen LogP contribution in [0.4, 0.5) is 13.2 Å². The van der Waals surface area contributed by atoms with Crippen molar-refractivity contribution >= 4 is 16.9 Å². The molecule has 7 nitrogen and oxygen atoms in total. The molecule has 3 heterocycles. The Kier molecular flexibility index (Phi) is 5.38. The highest BCUT2D eigenvalue weighted by Crippen LogP contribution is 2.36. The van der Waals surface area contributed by atoms with E-state index in [9.17, 15) is 18.0 Å². The van der Waals surface area contributed by atoms with Gasteiger partial charge in [-0.05, 0) is 46.8 Å². The first kappa shape index (κ1) is 20.8. The number of nitrogens with one attached hydrogen (secondary N) is 1. The summed E-state index contributed by atoms with van der Waals surface area (Å²) >= 11 is 0. The molecule has 3 aromatic rings. The molecule has 0 fully saturated rings. The van der Waals surface area contributed by atoms with Crippen LogP contribution >= 0.6 is 0 Å². The van der Waals surface area contributed by atoms with E-state index in [-0.39, 0.29) is 40.9 Å². The van der Waals surface area contributed by atoms with Crippen molar-refractivity contribution in [2.24, 2.45) is 0 Å². The first-order chi connectivity index (χ1) is 13.5. The third-order valence-electron chi connectivity index (χ3n) is 4.56. The second-order valence-corrected chi connectivity index (χ2v) is 7.33. The van der Waals surface area contributed by atoms with Gasteiger partial charge in [-0.15, -0.1) is 0 Å². The predicted octanol–water partition coefficient (Wildman–Crippen LogP) is 3.09. The van der Waals surface area contributed by atoms with Crippen molar-refractivity contribution in [1.82, 2.24) is 29.9 Å². The minimum atomic E-state index is -4.53. The van der Waals surface area contributed by atoms with Gasteiger partial charge in [0, 0.05) is 17.4 Å². The lowest BCUT2D eigenvalue weighted by Gasteiger charge is -2.15. The molecule has 1 amide bonds. The van der Waals surface area contributed by atoms with Crippen LogP contribution in [0.1, 0.15) is 35.3 Å². The molecule has 1 atom stereocenters. The van der Waals surface area contributed by atoms with Crippen LogP contribution in [0.2, 0.25) is 0 Å². The highest BCUT2D eigenvalue weighted by molar-refractivity contribution is 5.85. The van der Waals surface area contributed by atoms with Crippen LogP contribution in [-0.2, 0) is 24.1 Å². The Labute approximate surface area is 165 Å². The quantitative estimate of drug-likeness (QED) is 0.704. The zero-order valence-electron chi connectivity index (χ0n) is 16.9. The number of aromatic nitrogens is 5. The van der Waals surface area contributed by atoms with Gasteiger partial charge in [0.15, 0.2) is 5.65 Å². The second-order valence-electron chi connectivity index (χ2n) is 7.33. The fourth-order valence-electron chi connectivity index (χ4n) is 3.43. The van der Waals surface area contributed by atoms with E-state index < -0.39 is 11.7 Å². The maximum absolute atomic E-state index is 13.4. The van der Waals surface area contributed by atoms with Crippen molar-refractivity contribution in [2.45, 2.75) is 59.9 Å². The molecular weight excluding hydrogens is 385 g/mol. The standard InChI is InChI=1S/C19H23F3N6O/c1-10-7-15(19(20,21)22)17-14(5)26-28(18(17)24-10)9-16(29)23-12(3)8-27-13(4)6-11(2)25-27/h6-7,12H,8-9H2,1-5H3,(H,23,29)/t12-/m1/s1. The van der Waals surface area contributed by atoms with Gasteiger partial charge in [0.2, 0.25) is 5.91 Å². The molecular formula is C19H23F3N6O. The van der Waals surface area contributed by atoms with Gasteiger partial charge in [-0.2, -0.15) is 23.4 Å². The summed E-state index contributed by atoms with van der Waals surface area (Å²) in [6.07, 6.45) is -4.53. The minimum Gasteiger partial charge on any atom is -0.350 e. The van der Waals surface area contributed by atoms with Crippen LogP contribution in [0.3, 0.4) is 0 Å². The molecule has 3 aromatic heterocycles. The maximum Gasteiger partial charge on any atom is 0.417 e. The molecule has 156 valence electrons. The van der Waals surface area contributed by atoms with Crippen LogP contribution < -0.4 is 5.32 Å². The SMILES string of the molecule is Cc1cc(C(F)(F)F)c2c(C)nn(CC(=O)N[C@H](C)Cn3nc(C)cc3C)c2n1. The number of rotatable bonds is 5. The summed E-state index contributed by atoms with van der Waals surface area (Å²) in [5, 5.41) is 11.2. The summed E-state index contributed by atoms with van der Waals surface area (Å²) in [5.41, 5.74) is 1.53. The highest BCUT2D eigenvalue weighted by atomic mass is 19.4. The van der Waals surface area contributed by atoms with E-state index in [1.54, 1.807) is 4.68 Å². The summed E-state index contributed by atoms with van der Waals surface area (Å²) in [5.74, 6) is -0.361. The first-order valence-corrected chi connectivity index (χ1v) is 9.18. The van der Waals surface area contributed by atoms with Gasteiger partial charge in [-0.25, -0.2) is 9.67 Å². The lowest BCUT2D eigenvalue weighted by molar-refractivity contribution is -0.136. The van der Waals surface area contributed by atoms with Crippen LogP contribution in [0.5, 0.6) is 0 Å². The van der Waals surface area contributed by atoms with Gasteiger partial charge < -0.3 is 5.32 Å². The van der Waals surface area contributed by atoms with Crippen molar-refractivity contribution in [1.29, 1.82) is 0 Å². The molecule has 0 aliphatic carbocycles. The molecule has 0 saturated heterocycles. The average molecular weight is 408 g/mol. The lowest BCUT2D eigenvalue weighted by atomic mass is 10.1. The van der Waals surface area contributed by atoms with E-state index in [0.29, 0.717) is 6.54 Å². The van der Waals surface area contributed by atoms with Gasteiger partial charge >= 0.3 is 6.18 Å². The van der Waals surface area contributed by atoms with Gasteiger partial charge in [0.1, 0.15) is 6.54 Å². The Morgan fingerprint density at radius 1 is 1.10 bits per heavy atom. The summed E-state index contributed by atoms with van der Waals surface area (Å²) in [4.78, 5) is 16.7. The molecule has 10 heteroatoms. The summed E-state index contributed by atoms with van der Waals surface area (Å²) in [6, 6.07) is 2.72. The van der Waals surface area contributed by atoms with Gasteiger partial charge in [-0.3, -0.25) is 9.48 Å². The smallest absolute Gasteiger partial charge is 0.350 e. The van der Waals surface area contributed by atoms with E-state index >= 15 is 0 Å². The average Bonchev–Trinajstić information content (AvgIpc) is 3.04. The molecule has 0 aliphatic heterocycles. The van der Waals surface area contributed by atoms with Crippen molar-refractivity contribution in [3.8, 4) is 0 Å². The lowest BCUT2D eigenvalue weighted by Crippen LogP contribution is -2.38. The first-order valence-electron chi connectivity index (χ1n) is 9.18. The van der Waals surface area contributed by atoms with E-state index in [2.05, 4.69) is 20.5 Å². The highest BCUT2D eigenvalue weighted by Gasteiger charge is 2.35. The van der Waals surface area contributed by atoms with Crippen molar-refractivity contribution in [2.75, 3.05) is 0 Å². The number of amides is 1. The van der Waals surface area contributed by atoms with E-state index in [1.165, 1.54) is 18.5 Å². The topological polar surface area (TPSA) is 77.6 Å². The molecule has 0 spiro atoms. The molecule has 0 unspecified atom stereocenters. The zero-order chi connectivity index (χ0) is 21.5. The number of nitrogens with zero attached hydrogens (tertiary/aromatic N) is 5. The zero-order valence-corrected chi connectivity index (χ0v) is 16.9. The number of carbonyl (C=O) groups is 1. The summed E-state index contributed by atoms with van der Waals surface area (Å²) < 4.78 is 43.3. The Morgan fingerprint density at radius 3 is 2.38 bits per heavy atom. The van der Waals surface area contributed by atoms with Crippen LogP contribution in [0.25, 0.3) is 11.0 Å². The van der Waals surface area contributed by atoms with Crippen molar-refractivity contribution < 1.29 is 18.0 Å². The normalized spacial score (nSPS) is 13.1. The Morgan fingerprint density at radius 2 is 1.79 bits per heavy atom. The second kappa shape index (κ2) is 7.49. The maximum atomic E-state index is 13.4. The largest absolute Gasteiger partial charge is 0.417 e. The molecule has 1 N–H and O–H groups in total. The van der Waals surface area contributed by atoms with E-state index in [4.69, 9.17) is 0 Å². The summed E-state index contributed by atoms with van der Waals surface area (Å²) in [7, 11) is 0. The van der Waals surface area contributed by atoms with Crippen LogP contribution in [0.15, 0.2) is 12.1 Å². The molecule has 0 aromatic carbocycles. The number of carbonyl (C=O) groups excluding carboxylic acids is 1. The number of hydrogen-bond donors (Lipinski definition) is 1. The Balaban J connectivity index is 1.80. The van der Waals surface area contributed by atoms with Crippen molar-refractivity contribution in [3.63, 3.8) is 0 Å². The molecule has 0 bridgehead atoms. The molecule has 0 aliphatic rings. The van der Waals surface area contributed by atoms with Gasteiger partial charge in [-0.1, -0.05) is 0 Å². The van der Waals surface area contributed by atoms with Crippen molar-refractivity contribution in [3.05, 3.63) is 40.5 Å². The predicted molar refractivity (Wildman–Crippen MR) is 101 cm³/mol. The van der Waals surface area contributed by atoms with Crippen LogP contribution in [-0.4, -0.2) is 36.5 Å². The van der Waals surface area contributed by atoms with Gasteiger partial charge in [0.25, 0.3) is 0 Å². The molecule has 0 radical (unpaired) electrons. The molecule has 29 heavy (non-hydrogen) atoms. The number of pyridine rings is 1. The van der Waals surface area contributed by atoms with E-state index in [0.717, 1.165) is 17.5 Å². The monoisotopic (exact) mass is 408 g/mol. The fourth-order valence-corrected chi connectivity index (χ4v) is 3.43. The number of fused-ring (bicyclic) bond motifs is 1. The molecule has 0 saturated carbocycles. The Hall–Kier alpha value is -2.91. The fraction of sp³-hybridized carbons (Fsp3) is 0.474. The minimum absolute atomic E-state index is 0.0520. The number of alkyl halides is 3. The van der Waals surface area contributed by atoms with E-state index in [1.807, 2.05) is 26.8 Å². The number of aryl methyl sites for hydroxylation is 4. The van der Waals surface area contributed by atoms with Gasteiger partial charge in [0.05, 0.1) is 28.9 Å². The van der Waals surface area contributed by atoms with Crippen LogP contribution in [0, 0.1) is 27.7 Å². The third-order valence-corrected chi connectivity index (χ3v) is 4.56. The third kappa shape index (κ3) is 4.41. The Bertz CT molecular complexity index is 1070. The summed E-state index contributed by atoms with van der Waals surface area (Å²) in [6.45, 7) is 8.89. The molecule has 3 rings (SSSR count).